The zero-order valence-electron chi connectivity index (χ0n) is 14.4. The Labute approximate surface area is 149 Å². The summed E-state index contributed by atoms with van der Waals surface area (Å²) >= 11 is 0. The molecule has 3 aromatic heterocycles. The average Bonchev–Trinajstić information content (AvgIpc) is 3.29. The van der Waals surface area contributed by atoms with Crippen LogP contribution in [0.15, 0.2) is 57.7 Å². The number of amides is 1. The summed E-state index contributed by atoms with van der Waals surface area (Å²) in [4.78, 5) is 17.3. The SMILES string of the molecule is Cc1cccc(CNC(=O)c2cc(-c3ccco3)nc3onc(C)c23)c1. The Hall–Kier alpha value is -3.41. The van der Waals surface area contributed by atoms with E-state index >= 15 is 0 Å². The molecule has 0 unspecified atom stereocenters. The van der Waals surface area contributed by atoms with Crippen molar-refractivity contribution < 1.29 is 13.7 Å². The Morgan fingerprint density at radius 3 is 2.81 bits per heavy atom. The van der Waals surface area contributed by atoms with Crippen molar-refractivity contribution in [2.24, 2.45) is 0 Å². The molecule has 3 heterocycles. The summed E-state index contributed by atoms with van der Waals surface area (Å²) < 4.78 is 10.7. The number of hydrogen-bond acceptors (Lipinski definition) is 5. The van der Waals surface area contributed by atoms with Crippen LogP contribution in [0, 0.1) is 13.8 Å². The largest absolute Gasteiger partial charge is 0.463 e. The van der Waals surface area contributed by atoms with Crippen molar-refractivity contribution in [1.82, 2.24) is 15.5 Å². The van der Waals surface area contributed by atoms with E-state index in [0.717, 1.165) is 11.1 Å². The van der Waals surface area contributed by atoms with Crippen LogP contribution < -0.4 is 5.32 Å². The van der Waals surface area contributed by atoms with Gasteiger partial charge in [0.25, 0.3) is 11.6 Å². The highest BCUT2D eigenvalue weighted by atomic mass is 16.5. The number of nitrogens with one attached hydrogen (secondary N) is 1. The van der Waals surface area contributed by atoms with Crippen molar-refractivity contribution in [1.29, 1.82) is 0 Å². The molecule has 0 atom stereocenters. The monoisotopic (exact) mass is 347 g/mol. The van der Waals surface area contributed by atoms with Crippen molar-refractivity contribution in [3.63, 3.8) is 0 Å². The molecule has 0 aliphatic heterocycles. The molecule has 0 radical (unpaired) electrons. The fourth-order valence-electron chi connectivity index (χ4n) is 2.92. The molecule has 0 saturated heterocycles. The number of carbonyl (C=O) groups is 1. The zero-order chi connectivity index (χ0) is 18.1. The van der Waals surface area contributed by atoms with Gasteiger partial charge in [0, 0.05) is 6.54 Å². The van der Waals surface area contributed by atoms with Crippen LogP contribution in [-0.4, -0.2) is 16.0 Å². The number of aryl methyl sites for hydroxylation is 2. The number of fused-ring (bicyclic) bond motifs is 1. The summed E-state index contributed by atoms with van der Waals surface area (Å²) in [5, 5.41) is 7.51. The first kappa shape index (κ1) is 16.1. The molecule has 6 heteroatoms. The summed E-state index contributed by atoms with van der Waals surface area (Å²) in [5.41, 5.74) is 4.12. The minimum absolute atomic E-state index is 0.210. The number of pyridine rings is 1. The van der Waals surface area contributed by atoms with E-state index in [1.165, 1.54) is 0 Å². The van der Waals surface area contributed by atoms with Crippen molar-refractivity contribution in [2.45, 2.75) is 20.4 Å². The maximum absolute atomic E-state index is 12.8. The van der Waals surface area contributed by atoms with Crippen molar-refractivity contribution in [3.8, 4) is 11.5 Å². The minimum Gasteiger partial charge on any atom is -0.463 e. The summed E-state index contributed by atoms with van der Waals surface area (Å²) in [6, 6.07) is 13.3. The van der Waals surface area contributed by atoms with Gasteiger partial charge in [-0.2, -0.15) is 0 Å². The maximum atomic E-state index is 12.8. The van der Waals surface area contributed by atoms with Crippen LogP contribution in [0.1, 0.15) is 27.2 Å². The molecule has 0 aliphatic carbocycles. The summed E-state index contributed by atoms with van der Waals surface area (Å²) in [7, 11) is 0. The van der Waals surface area contributed by atoms with Gasteiger partial charge in [0.05, 0.1) is 22.9 Å². The highest BCUT2D eigenvalue weighted by Gasteiger charge is 2.20. The summed E-state index contributed by atoms with van der Waals surface area (Å²) in [5.74, 6) is 0.353. The van der Waals surface area contributed by atoms with E-state index in [2.05, 4.69) is 15.5 Å². The Kier molecular flexibility index (Phi) is 4.01. The molecular formula is C20H17N3O3. The number of aromatic nitrogens is 2. The minimum atomic E-state index is -0.210. The molecule has 0 saturated carbocycles. The first-order valence-electron chi connectivity index (χ1n) is 8.26. The second-order valence-electron chi connectivity index (χ2n) is 6.15. The summed E-state index contributed by atoms with van der Waals surface area (Å²) in [6.45, 7) is 4.25. The Balaban J connectivity index is 1.69. The van der Waals surface area contributed by atoms with E-state index in [0.29, 0.717) is 40.4 Å². The lowest BCUT2D eigenvalue weighted by atomic mass is 10.1. The predicted octanol–water partition coefficient (Wildman–Crippen LogP) is 4.03. The van der Waals surface area contributed by atoms with Gasteiger partial charge >= 0.3 is 0 Å². The Morgan fingerprint density at radius 2 is 2.04 bits per heavy atom. The number of nitrogens with zero attached hydrogens (tertiary/aromatic N) is 2. The quantitative estimate of drug-likeness (QED) is 0.603. The second-order valence-corrected chi connectivity index (χ2v) is 6.15. The van der Waals surface area contributed by atoms with E-state index in [1.54, 1.807) is 31.4 Å². The normalized spacial score (nSPS) is 11.0. The molecule has 4 aromatic rings. The molecule has 1 amide bonds. The van der Waals surface area contributed by atoms with Crippen LogP contribution in [-0.2, 0) is 6.54 Å². The molecule has 1 aromatic carbocycles. The molecule has 0 fully saturated rings. The molecular weight excluding hydrogens is 330 g/mol. The number of furan rings is 1. The van der Waals surface area contributed by atoms with Gasteiger partial charge in [-0.15, -0.1) is 0 Å². The molecule has 26 heavy (non-hydrogen) atoms. The van der Waals surface area contributed by atoms with Gasteiger partial charge < -0.3 is 14.3 Å². The van der Waals surface area contributed by atoms with Gasteiger partial charge in [0.1, 0.15) is 5.69 Å². The smallest absolute Gasteiger partial charge is 0.259 e. The van der Waals surface area contributed by atoms with Crippen LogP contribution in [0.25, 0.3) is 22.6 Å². The first-order valence-corrected chi connectivity index (χ1v) is 8.26. The van der Waals surface area contributed by atoms with Gasteiger partial charge in [-0.1, -0.05) is 35.0 Å². The van der Waals surface area contributed by atoms with Gasteiger partial charge in [-0.3, -0.25) is 4.79 Å². The summed E-state index contributed by atoms with van der Waals surface area (Å²) in [6.07, 6.45) is 1.56. The van der Waals surface area contributed by atoms with Crippen molar-refractivity contribution >= 4 is 17.0 Å². The third kappa shape index (κ3) is 2.97. The van der Waals surface area contributed by atoms with E-state index in [1.807, 2.05) is 31.2 Å². The third-order valence-electron chi connectivity index (χ3n) is 4.17. The van der Waals surface area contributed by atoms with Crippen LogP contribution >= 0.6 is 0 Å². The van der Waals surface area contributed by atoms with Crippen LogP contribution in [0.2, 0.25) is 0 Å². The molecule has 0 spiro atoms. The van der Waals surface area contributed by atoms with E-state index in [-0.39, 0.29) is 5.91 Å². The average molecular weight is 347 g/mol. The number of hydrogen-bond donors (Lipinski definition) is 1. The van der Waals surface area contributed by atoms with E-state index in [9.17, 15) is 4.79 Å². The molecule has 1 N–H and O–H groups in total. The molecule has 4 rings (SSSR count). The van der Waals surface area contributed by atoms with Crippen LogP contribution in [0.3, 0.4) is 0 Å². The molecule has 130 valence electrons. The fourth-order valence-corrected chi connectivity index (χ4v) is 2.92. The second kappa shape index (κ2) is 6.48. The highest BCUT2D eigenvalue weighted by molar-refractivity contribution is 6.06. The lowest BCUT2D eigenvalue weighted by Gasteiger charge is -2.08. The predicted molar refractivity (Wildman–Crippen MR) is 96.6 cm³/mol. The van der Waals surface area contributed by atoms with Crippen molar-refractivity contribution in [2.75, 3.05) is 0 Å². The van der Waals surface area contributed by atoms with E-state index < -0.39 is 0 Å². The number of carbonyl (C=O) groups excluding carboxylic acids is 1. The third-order valence-corrected chi connectivity index (χ3v) is 4.17. The zero-order valence-corrected chi connectivity index (χ0v) is 14.4. The Bertz CT molecular complexity index is 1080. The van der Waals surface area contributed by atoms with E-state index in [4.69, 9.17) is 8.94 Å². The molecule has 6 nitrogen and oxygen atoms in total. The lowest BCUT2D eigenvalue weighted by molar-refractivity contribution is 0.0952. The first-order chi connectivity index (χ1) is 12.6. The highest BCUT2D eigenvalue weighted by Crippen LogP contribution is 2.27. The van der Waals surface area contributed by atoms with Crippen LogP contribution in [0.5, 0.6) is 0 Å². The van der Waals surface area contributed by atoms with Gasteiger partial charge in [-0.25, -0.2) is 4.98 Å². The topological polar surface area (TPSA) is 81.2 Å². The Morgan fingerprint density at radius 1 is 1.15 bits per heavy atom. The maximum Gasteiger partial charge on any atom is 0.259 e. The lowest BCUT2D eigenvalue weighted by Crippen LogP contribution is -2.23. The number of benzene rings is 1. The van der Waals surface area contributed by atoms with Crippen LogP contribution in [0.4, 0.5) is 0 Å². The molecule has 0 aliphatic rings. The number of rotatable bonds is 4. The van der Waals surface area contributed by atoms with Gasteiger partial charge in [-0.05, 0) is 37.6 Å². The van der Waals surface area contributed by atoms with Gasteiger partial charge in [0.15, 0.2) is 5.76 Å². The van der Waals surface area contributed by atoms with Crippen molar-refractivity contribution in [3.05, 3.63) is 71.1 Å². The molecule has 0 bridgehead atoms. The standard InChI is InChI=1S/C20H17N3O3/c1-12-5-3-6-14(9-12)11-21-19(24)15-10-16(17-7-4-8-25-17)22-20-18(15)13(2)23-26-20/h3-10H,11H2,1-2H3,(H,21,24). The fraction of sp³-hybridized carbons (Fsp3) is 0.150. The van der Waals surface area contributed by atoms with Gasteiger partial charge in [0.2, 0.25) is 0 Å².